The molecule has 34 heavy (non-hydrogen) atoms. The lowest BCUT2D eigenvalue weighted by Gasteiger charge is -2.21. The third-order valence-electron chi connectivity index (χ3n) is 5.73. The van der Waals surface area contributed by atoms with Gasteiger partial charge in [-0.05, 0) is 42.5 Å². The lowest BCUT2D eigenvalue weighted by Crippen LogP contribution is -2.38. The average Bonchev–Trinajstić information content (AvgIpc) is 3.12. The summed E-state index contributed by atoms with van der Waals surface area (Å²) >= 11 is 1.33. The van der Waals surface area contributed by atoms with Crippen LogP contribution in [-0.2, 0) is 9.53 Å². The van der Waals surface area contributed by atoms with Crippen molar-refractivity contribution in [3.63, 3.8) is 0 Å². The number of nitrogens with zero attached hydrogens (tertiary/aromatic N) is 2. The van der Waals surface area contributed by atoms with E-state index < -0.39 is 12.0 Å². The fourth-order valence-corrected chi connectivity index (χ4v) is 4.97. The lowest BCUT2D eigenvalue weighted by molar-refractivity contribution is -0.139. The van der Waals surface area contributed by atoms with Crippen LogP contribution in [0.1, 0.15) is 56.3 Å². The van der Waals surface area contributed by atoms with E-state index >= 15 is 0 Å². The Balaban J connectivity index is 1.83. The van der Waals surface area contributed by atoms with Crippen molar-refractivity contribution in [2.24, 2.45) is 4.99 Å². The molecule has 4 rings (SSSR count). The van der Waals surface area contributed by atoms with E-state index in [0.717, 1.165) is 11.1 Å². The second-order valence-corrected chi connectivity index (χ2v) is 9.44. The normalized spacial score (nSPS) is 16.1. The molecule has 2 aromatic carbocycles. The van der Waals surface area contributed by atoms with E-state index in [1.807, 2.05) is 60.7 Å². The minimum Gasteiger partial charge on any atom is -0.463 e. The summed E-state index contributed by atoms with van der Waals surface area (Å²) in [6.45, 7) is 8.11. The number of rotatable bonds is 6. The van der Waals surface area contributed by atoms with Crippen molar-refractivity contribution in [3.05, 3.63) is 108 Å². The minimum absolute atomic E-state index is 0.173. The number of thiazole rings is 1. The summed E-state index contributed by atoms with van der Waals surface area (Å²) in [7, 11) is 0. The zero-order valence-electron chi connectivity index (χ0n) is 19.8. The summed E-state index contributed by atoms with van der Waals surface area (Å²) in [6, 6.07) is 17.4. The third kappa shape index (κ3) is 4.87. The number of fused-ring (bicyclic) bond motifs is 1. The minimum atomic E-state index is -0.596. The summed E-state index contributed by atoms with van der Waals surface area (Å²) < 4.78 is 7.48. The maximum Gasteiger partial charge on any atom is 0.338 e. The predicted molar refractivity (Wildman–Crippen MR) is 137 cm³/mol. The van der Waals surface area contributed by atoms with Gasteiger partial charge in [-0.3, -0.25) is 9.36 Å². The van der Waals surface area contributed by atoms with Crippen molar-refractivity contribution in [2.75, 3.05) is 6.61 Å². The Morgan fingerprint density at radius 3 is 2.47 bits per heavy atom. The molecule has 174 valence electrons. The summed E-state index contributed by atoms with van der Waals surface area (Å²) in [5.74, 6) is -0.00921. The first-order valence-electron chi connectivity index (χ1n) is 11.4. The van der Waals surface area contributed by atoms with E-state index in [1.165, 1.54) is 16.9 Å². The number of hydrogen-bond acceptors (Lipinski definition) is 5. The van der Waals surface area contributed by atoms with Crippen LogP contribution in [0.15, 0.2) is 81.7 Å². The first kappa shape index (κ1) is 23.6. The first-order chi connectivity index (χ1) is 16.4. The molecule has 0 N–H and O–H groups in total. The monoisotopic (exact) mass is 472 g/mol. The summed E-state index contributed by atoms with van der Waals surface area (Å²) in [4.78, 5) is 31.5. The van der Waals surface area contributed by atoms with Gasteiger partial charge in [0.2, 0.25) is 0 Å². The lowest BCUT2D eigenvalue weighted by atomic mass is 10.0. The molecular formula is C28H28N2O3S. The second-order valence-electron chi connectivity index (χ2n) is 8.44. The highest BCUT2D eigenvalue weighted by molar-refractivity contribution is 7.07. The van der Waals surface area contributed by atoms with Crippen LogP contribution in [0.3, 0.4) is 0 Å². The second kappa shape index (κ2) is 10.2. The molecule has 0 amide bonds. The number of allylic oxidation sites excluding steroid dienone is 2. The quantitative estimate of drug-likeness (QED) is 0.493. The zero-order chi connectivity index (χ0) is 24.2. The maximum absolute atomic E-state index is 13.5. The average molecular weight is 473 g/mol. The molecule has 1 aliphatic rings. The van der Waals surface area contributed by atoms with Crippen LogP contribution in [0.5, 0.6) is 0 Å². The largest absolute Gasteiger partial charge is 0.463 e. The van der Waals surface area contributed by atoms with Gasteiger partial charge in [0.1, 0.15) is 0 Å². The van der Waals surface area contributed by atoms with Crippen LogP contribution in [-0.4, -0.2) is 17.1 Å². The van der Waals surface area contributed by atoms with Gasteiger partial charge in [-0.25, -0.2) is 9.79 Å². The topological polar surface area (TPSA) is 60.7 Å². The number of carbonyl (C=O) groups excluding carboxylic acids is 1. The molecule has 0 radical (unpaired) electrons. The van der Waals surface area contributed by atoms with Crippen LogP contribution in [0, 0.1) is 0 Å². The molecule has 3 aromatic rings. The van der Waals surface area contributed by atoms with Gasteiger partial charge < -0.3 is 4.74 Å². The maximum atomic E-state index is 13.5. The molecule has 1 aromatic heterocycles. The number of aromatic nitrogens is 1. The number of hydrogen-bond donors (Lipinski definition) is 0. The van der Waals surface area contributed by atoms with Crippen LogP contribution in [0.25, 0.3) is 12.2 Å². The van der Waals surface area contributed by atoms with Crippen LogP contribution in [0.4, 0.5) is 0 Å². The van der Waals surface area contributed by atoms with Crippen molar-refractivity contribution in [1.82, 2.24) is 4.57 Å². The van der Waals surface area contributed by atoms with E-state index in [9.17, 15) is 9.59 Å². The molecule has 0 unspecified atom stereocenters. The smallest absolute Gasteiger partial charge is 0.338 e. The summed E-state index contributed by atoms with van der Waals surface area (Å²) in [6.07, 6.45) is 5.68. The number of carbonyl (C=O) groups is 1. The molecule has 1 aliphatic heterocycles. The Labute approximate surface area is 203 Å². The van der Waals surface area contributed by atoms with Gasteiger partial charge in [-0.15, -0.1) is 0 Å². The Bertz CT molecular complexity index is 1430. The first-order valence-corrected chi connectivity index (χ1v) is 12.2. The van der Waals surface area contributed by atoms with Gasteiger partial charge in [-0.2, -0.15) is 0 Å². The van der Waals surface area contributed by atoms with Crippen molar-refractivity contribution >= 4 is 29.5 Å². The molecule has 0 spiro atoms. The van der Waals surface area contributed by atoms with E-state index in [4.69, 9.17) is 4.74 Å². The van der Waals surface area contributed by atoms with Gasteiger partial charge in [0, 0.05) is 0 Å². The molecular weight excluding hydrogens is 444 g/mol. The molecule has 1 atom stereocenters. The molecule has 0 saturated carbocycles. The van der Waals surface area contributed by atoms with Crippen LogP contribution >= 0.6 is 11.3 Å². The van der Waals surface area contributed by atoms with Crippen LogP contribution in [0.2, 0.25) is 0 Å². The highest BCUT2D eigenvalue weighted by atomic mass is 32.1. The van der Waals surface area contributed by atoms with Gasteiger partial charge in [-0.1, -0.05) is 91.9 Å². The van der Waals surface area contributed by atoms with Gasteiger partial charge in [0.25, 0.3) is 5.56 Å². The van der Waals surface area contributed by atoms with Gasteiger partial charge in [0.15, 0.2) is 4.80 Å². The molecule has 2 heterocycles. The van der Waals surface area contributed by atoms with Crippen molar-refractivity contribution < 1.29 is 9.53 Å². The summed E-state index contributed by atoms with van der Waals surface area (Å²) in [5.41, 5.74) is 3.96. The Morgan fingerprint density at radius 1 is 1.12 bits per heavy atom. The van der Waals surface area contributed by atoms with Crippen molar-refractivity contribution in [1.29, 1.82) is 0 Å². The van der Waals surface area contributed by atoms with Gasteiger partial charge >= 0.3 is 5.97 Å². The molecule has 0 aliphatic carbocycles. The number of esters is 1. The SMILES string of the molecule is CCOC(=O)C1=C(C)N=c2s/c(=C/c3ccc(C(C)C)cc3)c(=O)n2[C@@H]1/C=C/c1ccccc1. The van der Waals surface area contributed by atoms with Crippen LogP contribution < -0.4 is 14.9 Å². The fraction of sp³-hybridized carbons (Fsp3) is 0.250. The third-order valence-corrected chi connectivity index (χ3v) is 6.71. The Morgan fingerprint density at radius 2 is 1.82 bits per heavy atom. The number of ether oxygens (including phenoxy) is 1. The predicted octanol–water partition coefficient (Wildman–Crippen LogP) is 4.59. The highest BCUT2D eigenvalue weighted by Gasteiger charge is 2.30. The van der Waals surface area contributed by atoms with Crippen molar-refractivity contribution in [2.45, 2.75) is 39.7 Å². The molecule has 0 bridgehead atoms. The molecule has 6 heteroatoms. The van der Waals surface area contributed by atoms with Gasteiger partial charge in [0.05, 0.1) is 28.5 Å². The molecule has 0 fully saturated rings. The molecule has 5 nitrogen and oxygen atoms in total. The number of benzene rings is 2. The van der Waals surface area contributed by atoms with E-state index in [0.29, 0.717) is 26.5 Å². The molecule has 0 saturated heterocycles. The highest BCUT2D eigenvalue weighted by Crippen LogP contribution is 2.26. The fourth-order valence-electron chi connectivity index (χ4n) is 3.91. The summed E-state index contributed by atoms with van der Waals surface area (Å²) in [5, 5.41) is 0. The van der Waals surface area contributed by atoms with E-state index in [2.05, 4.69) is 31.0 Å². The van der Waals surface area contributed by atoms with E-state index in [-0.39, 0.29) is 12.2 Å². The standard InChI is InChI=1S/C28H28N2O3S/c1-5-33-27(32)25-19(4)29-28-30(23(25)16-13-20-9-7-6-8-10-20)26(31)24(34-28)17-21-11-14-22(15-12-21)18(2)3/h6-18,23H,5H2,1-4H3/b16-13+,24-17+/t23-/m1/s1. The Hall–Kier alpha value is -3.51. The van der Waals surface area contributed by atoms with Crippen molar-refractivity contribution in [3.8, 4) is 0 Å². The Kier molecular flexibility index (Phi) is 7.08. The van der Waals surface area contributed by atoms with E-state index in [1.54, 1.807) is 18.4 Å². The zero-order valence-corrected chi connectivity index (χ0v) is 20.6.